The number of ether oxygens (including phenoxy) is 1. The summed E-state index contributed by atoms with van der Waals surface area (Å²) >= 11 is 6.73. The molecule has 2 aromatic rings. The minimum Gasteiger partial charge on any atom is -0.488 e. The largest absolute Gasteiger partial charge is 0.488 e. The van der Waals surface area contributed by atoms with E-state index >= 15 is 0 Å². The van der Waals surface area contributed by atoms with E-state index in [1.165, 1.54) is 22.8 Å². The van der Waals surface area contributed by atoms with Crippen LogP contribution in [0.25, 0.3) is 16.5 Å². The van der Waals surface area contributed by atoms with Crippen molar-refractivity contribution in [3.8, 4) is 5.75 Å². The van der Waals surface area contributed by atoms with Crippen LogP contribution in [0.1, 0.15) is 31.9 Å². The molecule has 0 bridgehead atoms. The fourth-order valence-electron chi connectivity index (χ4n) is 5.46. The Morgan fingerprint density at radius 2 is 2.11 bits per heavy atom. The van der Waals surface area contributed by atoms with Crippen LogP contribution in [0.4, 0.5) is 10.2 Å². The number of aliphatic hydroxyl groups is 2. The molecule has 1 saturated heterocycles. The normalized spacial score (nSPS) is 25.5. The van der Waals surface area contributed by atoms with Gasteiger partial charge in [0.15, 0.2) is 5.75 Å². The first-order valence-corrected chi connectivity index (χ1v) is 12.5. The van der Waals surface area contributed by atoms with Gasteiger partial charge in [-0.3, -0.25) is 9.36 Å². The lowest BCUT2D eigenvalue weighted by Crippen LogP contribution is -2.58. The number of hydrogen-bond donors (Lipinski definition) is 2. The summed E-state index contributed by atoms with van der Waals surface area (Å²) in [5.41, 5.74) is -0.107. The lowest BCUT2D eigenvalue weighted by molar-refractivity contribution is -0.128. The number of aliphatic hydroxyl groups excluding tert-OH is 2. The fraction of sp³-hybridized carbons (Fsp3) is 0.423. The Balaban J connectivity index is 1.76. The third-order valence-electron chi connectivity index (χ3n) is 7.29. The Morgan fingerprint density at radius 1 is 1.35 bits per heavy atom. The van der Waals surface area contributed by atoms with Gasteiger partial charge in [-0.2, -0.15) is 4.98 Å². The fourth-order valence-corrected chi connectivity index (χ4v) is 5.76. The van der Waals surface area contributed by atoms with Crippen LogP contribution in [0.3, 0.4) is 0 Å². The molecular formula is C26H28ClFN4O5. The van der Waals surface area contributed by atoms with Gasteiger partial charge < -0.3 is 24.7 Å². The maximum atomic E-state index is 15.0. The molecule has 1 aromatic heterocycles. The van der Waals surface area contributed by atoms with Crippen LogP contribution in [-0.4, -0.2) is 75.1 Å². The van der Waals surface area contributed by atoms with Crippen LogP contribution >= 0.6 is 11.6 Å². The zero-order valence-corrected chi connectivity index (χ0v) is 21.3. The van der Waals surface area contributed by atoms with Crippen molar-refractivity contribution in [3.63, 3.8) is 0 Å². The Morgan fingerprint density at radius 3 is 2.78 bits per heavy atom. The lowest BCUT2D eigenvalue weighted by Gasteiger charge is -2.45. The van der Waals surface area contributed by atoms with Gasteiger partial charge >= 0.3 is 5.69 Å². The van der Waals surface area contributed by atoms with Crippen LogP contribution < -0.4 is 15.3 Å². The number of carbonyl (C=O) groups is 1. The first-order valence-electron chi connectivity index (χ1n) is 12.1. The highest BCUT2D eigenvalue weighted by Crippen LogP contribution is 2.47. The topological polar surface area (TPSA) is 108 Å². The molecule has 3 heterocycles. The van der Waals surface area contributed by atoms with E-state index in [1.54, 1.807) is 11.0 Å². The molecule has 3 aliphatic rings. The summed E-state index contributed by atoms with van der Waals surface area (Å²) in [7, 11) is 0. The van der Waals surface area contributed by atoms with Crippen molar-refractivity contribution in [2.45, 2.75) is 44.5 Å². The number of piperazine rings is 1. The summed E-state index contributed by atoms with van der Waals surface area (Å²) < 4.78 is 22.3. The number of amides is 1. The molecule has 9 nitrogen and oxygen atoms in total. The maximum Gasteiger partial charge on any atom is 0.350 e. The number of halogens is 2. The molecule has 196 valence electrons. The van der Waals surface area contributed by atoms with Gasteiger partial charge in [0.25, 0.3) is 0 Å². The van der Waals surface area contributed by atoms with E-state index in [2.05, 4.69) is 11.6 Å². The second-order valence-corrected chi connectivity index (χ2v) is 10.1. The molecular weight excluding hydrogens is 503 g/mol. The van der Waals surface area contributed by atoms with Crippen molar-refractivity contribution >= 4 is 39.8 Å². The standard InChI is InChI=1S/C26H28ClFN4O5/c1-4-20(35)30-9-14(3)31(10-13(30)2)25-16-8-17(27)21(22-18(28)6-5-7-19(22)34)24-23(16)32(26(36)29-25)15(11-33)12-37-24/h4-6,8,13-15,19,33-34H,1,7,9-12H2,2-3H3/t13-,14+,15+,19?/m1/s1. The first-order chi connectivity index (χ1) is 17.7. The molecule has 1 amide bonds. The number of hydrogen-bond acceptors (Lipinski definition) is 7. The van der Waals surface area contributed by atoms with Gasteiger partial charge in [-0.15, -0.1) is 0 Å². The van der Waals surface area contributed by atoms with E-state index < -0.39 is 23.7 Å². The van der Waals surface area contributed by atoms with E-state index in [-0.39, 0.29) is 59.5 Å². The van der Waals surface area contributed by atoms with Crippen molar-refractivity contribution < 1.29 is 24.1 Å². The number of benzene rings is 1. The van der Waals surface area contributed by atoms with Gasteiger partial charge in [0.2, 0.25) is 5.91 Å². The molecule has 4 atom stereocenters. The van der Waals surface area contributed by atoms with Gasteiger partial charge in [-0.25, -0.2) is 9.18 Å². The lowest BCUT2D eigenvalue weighted by atomic mass is 9.91. The van der Waals surface area contributed by atoms with Crippen LogP contribution in [-0.2, 0) is 4.79 Å². The quantitative estimate of drug-likeness (QED) is 0.585. The van der Waals surface area contributed by atoms with Crippen molar-refractivity contribution in [3.05, 3.63) is 57.8 Å². The van der Waals surface area contributed by atoms with Crippen LogP contribution in [0.2, 0.25) is 5.02 Å². The molecule has 37 heavy (non-hydrogen) atoms. The monoisotopic (exact) mass is 530 g/mol. The summed E-state index contributed by atoms with van der Waals surface area (Å²) in [5.74, 6) is -0.297. The number of allylic oxidation sites excluding steroid dienone is 2. The number of aromatic nitrogens is 2. The highest BCUT2D eigenvalue weighted by atomic mass is 35.5. The van der Waals surface area contributed by atoms with Crippen LogP contribution in [0.15, 0.2) is 41.5 Å². The molecule has 1 aliphatic carbocycles. The third kappa shape index (κ3) is 4.03. The van der Waals surface area contributed by atoms with E-state index in [0.717, 1.165) is 0 Å². The summed E-state index contributed by atoms with van der Waals surface area (Å²) in [6.07, 6.45) is 3.14. The average molecular weight is 531 g/mol. The van der Waals surface area contributed by atoms with E-state index in [4.69, 9.17) is 16.3 Å². The number of anilines is 1. The van der Waals surface area contributed by atoms with Crippen molar-refractivity contribution in [1.82, 2.24) is 14.5 Å². The van der Waals surface area contributed by atoms with Gasteiger partial charge in [-0.1, -0.05) is 24.3 Å². The number of carbonyl (C=O) groups excluding carboxylic acids is 1. The SMILES string of the molecule is C=CC(=O)N1C[C@H](C)N(c2nc(=O)n3c4c(c(C5=C(F)C=CCC5O)c(Cl)cc24)OC[C@@H]3CO)C[C@H]1C. The highest BCUT2D eigenvalue weighted by Gasteiger charge is 2.37. The number of rotatable bonds is 4. The molecule has 0 spiro atoms. The molecule has 2 aliphatic heterocycles. The molecule has 2 N–H and O–H groups in total. The highest BCUT2D eigenvalue weighted by molar-refractivity contribution is 6.34. The second-order valence-electron chi connectivity index (χ2n) is 9.65. The smallest absolute Gasteiger partial charge is 0.350 e. The molecule has 0 radical (unpaired) electrons. The summed E-state index contributed by atoms with van der Waals surface area (Å²) in [6, 6.07) is 0.511. The van der Waals surface area contributed by atoms with Gasteiger partial charge in [0.1, 0.15) is 18.3 Å². The van der Waals surface area contributed by atoms with Crippen molar-refractivity contribution in [2.24, 2.45) is 0 Å². The van der Waals surface area contributed by atoms with Crippen molar-refractivity contribution in [1.29, 1.82) is 0 Å². The Labute approximate surface area is 217 Å². The van der Waals surface area contributed by atoms with Gasteiger partial charge in [0.05, 0.1) is 29.3 Å². The molecule has 1 aromatic carbocycles. The van der Waals surface area contributed by atoms with Gasteiger partial charge in [-0.05, 0) is 38.5 Å². The maximum absolute atomic E-state index is 15.0. The molecule has 11 heteroatoms. The first kappa shape index (κ1) is 25.4. The molecule has 1 fully saturated rings. The molecule has 0 saturated carbocycles. The van der Waals surface area contributed by atoms with E-state index in [0.29, 0.717) is 29.8 Å². The predicted octanol–water partition coefficient (Wildman–Crippen LogP) is 2.59. The Hall–Kier alpha value is -3.21. The minimum atomic E-state index is -1.15. The zero-order valence-electron chi connectivity index (χ0n) is 20.5. The molecule has 5 rings (SSSR count). The third-order valence-corrected chi connectivity index (χ3v) is 7.59. The van der Waals surface area contributed by atoms with E-state index in [9.17, 15) is 24.2 Å². The average Bonchev–Trinajstić information content (AvgIpc) is 2.87. The van der Waals surface area contributed by atoms with Crippen LogP contribution in [0, 0.1) is 0 Å². The summed E-state index contributed by atoms with van der Waals surface area (Å²) in [6.45, 7) is 7.78. The Kier molecular flexibility index (Phi) is 6.59. The predicted molar refractivity (Wildman–Crippen MR) is 139 cm³/mol. The molecule has 1 unspecified atom stereocenters. The van der Waals surface area contributed by atoms with E-state index in [1.807, 2.05) is 18.7 Å². The summed E-state index contributed by atoms with van der Waals surface area (Å²) in [5, 5.41) is 21.2. The second kappa shape index (κ2) is 9.59. The van der Waals surface area contributed by atoms with Gasteiger partial charge in [0, 0.05) is 41.7 Å². The number of nitrogens with zero attached hydrogens (tertiary/aromatic N) is 4. The van der Waals surface area contributed by atoms with Crippen LogP contribution in [0.5, 0.6) is 5.75 Å². The zero-order chi connectivity index (χ0) is 26.6. The summed E-state index contributed by atoms with van der Waals surface area (Å²) in [4.78, 5) is 33.8. The van der Waals surface area contributed by atoms with Crippen molar-refractivity contribution in [2.75, 3.05) is 31.2 Å². The minimum absolute atomic E-state index is 0.0113. The Bertz CT molecular complexity index is 1420.